The van der Waals surface area contributed by atoms with E-state index in [1.807, 2.05) is 55.4 Å². The second-order valence-corrected chi connectivity index (χ2v) is 8.35. The summed E-state index contributed by atoms with van der Waals surface area (Å²) in [6.07, 6.45) is 0. The summed E-state index contributed by atoms with van der Waals surface area (Å²) >= 11 is 0. The lowest BCUT2D eigenvalue weighted by Gasteiger charge is -2.14. The highest BCUT2D eigenvalue weighted by molar-refractivity contribution is 6.00. The van der Waals surface area contributed by atoms with Gasteiger partial charge in [-0.25, -0.2) is 14.5 Å². The van der Waals surface area contributed by atoms with Gasteiger partial charge < -0.3 is 9.64 Å². The van der Waals surface area contributed by atoms with Crippen molar-refractivity contribution < 1.29 is 9.53 Å². The predicted octanol–water partition coefficient (Wildman–Crippen LogP) is 6.01. The summed E-state index contributed by atoms with van der Waals surface area (Å²) in [6.45, 7) is 4.15. The Balaban J connectivity index is 2.06. The van der Waals surface area contributed by atoms with Gasteiger partial charge in [0.25, 0.3) is 0 Å². The third kappa shape index (κ3) is 4.16. The summed E-state index contributed by atoms with van der Waals surface area (Å²) in [6, 6.07) is 16.9. The van der Waals surface area contributed by atoms with Crippen LogP contribution in [0.5, 0.6) is 0 Å². The van der Waals surface area contributed by atoms with E-state index < -0.39 is 5.97 Å². The summed E-state index contributed by atoms with van der Waals surface area (Å²) in [7, 11) is 5.29. The standard InChI is InChI=1S/C25H25N7O2/c1-15(2)23-22-20(16-9-11-17(12-10-16)28-30-26)14-21(25(33)34-5)27-24(22)32(29-23)19-8-6-7-18(13-19)31(3)4/h6-15H,1-5H3. The van der Waals surface area contributed by atoms with E-state index in [0.29, 0.717) is 11.3 Å². The molecule has 0 saturated heterocycles. The number of pyridine rings is 1. The number of ether oxygens (including phenoxy) is 1. The molecule has 0 fully saturated rings. The van der Waals surface area contributed by atoms with Crippen molar-refractivity contribution in [1.82, 2.24) is 14.8 Å². The number of rotatable bonds is 6. The van der Waals surface area contributed by atoms with Crippen LogP contribution >= 0.6 is 0 Å². The Labute approximate surface area is 197 Å². The predicted molar refractivity (Wildman–Crippen MR) is 133 cm³/mol. The van der Waals surface area contributed by atoms with Gasteiger partial charge in [-0.1, -0.05) is 49.3 Å². The van der Waals surface area contributed by atoms with Crippen LogP contribution < -0.4 is 4.90 Å². The van der Waals surface area contributed by atoms with Crippen LogP contribution in [0.3, 0.4) is 0 Å². The summed E-state index contributed by atoms with van der Waals surface area (Å²) in [5, 5.41) is 9.44. The Kier molecular flexibility index (Phi) is 6.21. The number of esters is 1. The van der Waals surface area contributed by atoms with Crippen molar-refractivity contribution in [3.8, 4) is 16.8 Å². The number of anilines is 1. The van der Waals surface area contributed by atoms with Gasteiger partial charge in [-0.3, -0.25) is 0 Å². The number of benzene rings is 2. The third-order valence-corrected chi connectivity index (χ3v) is 5.54. The van der Waals surface area contributed by atoms with Gasteiger partial charge in [0.15, 0.2) is 11.3 Å². The second-order valence-electron chi connectivity index (χ2n) is 8.35. The van der Waals surface area contributed by atoms with Crippen molar-refractivity contribution in [2.45, 2.75) is 19.8 Å². The maximum absolute atomic E-state index is 12.5. The van der Waals surface area contributed by atoms with Crippen molar-refractivity contribution in [2.24, 2.45) is 5.11 Å². The van der Waals surface area contributed by atoms with Crippen molar-refractivity contribution in [1.29, 1.82) is 0 Å². The number of carbonyl (C=O) groups excluding carboxylic acids is 1. The summed E-state index contributed by atoms with van der Waals surface area (Å²) in [5.74, 6) is -0.428. The van der Waals surface area contributed by atoms with E-state index in [2.05, 4.69) is 28.9 Å². The molecule has 0 atom stereocenters. The molecule has 2 heterocycles. The molecule has 2 aromatic heterocycles. The number of methoxy groups -OCH3 is 1. The molecule has 0 aliphatic rings. The van der Waals surface area contributed by atoms with E-state index in [1.165, 1.54) is 7.11 Å². The van der Waals surface area contributed by atoms with Crippen molar-refractivity contribution in [3.05, 3.63) is 76.4 Å². The van der Waals surface area contributed by atoms with E-state index in [-0.39, 0.29) is 11.6 Å². The molecule has 0 bridgehead atoms. The first-order chi connectivity index (χ1) is 16.3. The second kappa shape index (κ2) is 9.25. The maximum atomic E-state index is 12.5. The van der Waals surface area contributed by atoms with Gasteiger partial charge in [0.1, 0.15) is 0 Å². The number of nitrogens with zero attached hydrogens (tertiary/aromatic N) is 7. The minimum atomic E-state index is -0.533. The van der Waals surface area contributed by atoms with Crippen LogP contribution in [0, 0.1) is 0 Å². The van der Waals surface area contributed by atoms with Crippen molar-refractivity contribution in [2.75, 3.05) is 26.1 Å². The lowest BCUT2D eigenvalue weighted by atomic mass is 9.97. The van der Waals surface area contributed by atoms with Crippen molar-refractivity contribution >= 4 is 28.4 Å². The molecular weight excluding hydrogens is 430 g/mol. The monoisotopic (exact) mass is 455 g/mol. The molecular formula is C25H25N7O2. The average molecular weight is 456 g/mol. The number of fused-ring (bicyclic) bond motifs is 1. The Morgan fingerprint density at radius 2 is 1.88 bits per heavy atom. The zero-order chi connectivity index (χ0) is 24.4. The number of aromatic nitrogens is 3. The minimum Gasteiger partial charge on any atom is -0.464 e. The minimum absolute atomic E-state index is 0.104. The molecule has 9 nitrogen and oxygen atoms in total. The number of azide groups is 1. The fraction of sp³-hybridized carbons (Fsp3) is 0.240. The molecule has 0 radical (unpaired) electrons. The summed E-state index contributed by atoms with van der Waals surface area (Å²) in [4.78, 5) is 22.1. The molecule has 0 unspecified atom stereocenters. The Bertz CT molecular complexity index is 1420. The van der Waals surface area contributed by atoms with Gasteiger partial charge in [0, 0.05) is 30.4 Å². The van der Waals surface area contributed by atoms with Crippen LogP contribution in [0.1, 0.15) is 35.9 Å². The zero-order valence-electron chi connectivity index (χ0n) is 19.7. The van der Waals surface area contributed by atoms with Gasteiger partial charge in [-0.2, -0.15) is 5.10 Å². The number of carbonyl (C=O) groups is 1. The van der Waals surface area contributed by atoms with Crippen LogP contribution in [0.4, 0.5) is 11.4 Å². The quantitative estimate of drug-likeness (QED) is 0.153. The molecule has 9 heteroatoms. The fourth-order valence-electron chi connectivity index (χ4n) is 3.83. The molecule has 34 heavy (non-hydrogen) atoms. The van der Waals surface area contributed by atoms with E-state index in [0.717, 1.165) is 33.6 Å². The first-order valence-electron chi connectivity index (χ1n) is 10.8. The third-order valence-electron chi connectivity index (χ3n) is 5.54. The van der Waals surface area contributed by atoms with Crippen LogP contribution in [0.2, 0.25) is 0 Å². The largest absolute Gasteiger partial charge is 0.464 e. The highest BCUT2D eigenvalue weighted by Gasteiger charge is 2.23. The van der Waals surface area contributed by atoms with Gasteiger partial charge in [0.2, 0.25) is 0 Å². The average Bonchev–Trinajstić information content (AvgIpc) is 3.24. The maximum Gasteiger partial charge on any atom is 0.356 e. The molecule has 0 aliphatic carbocycles. The van der Waals surface area contributed by atoms with Gasteiger partial charge >= 0.3 is 5.97 Å². The molecule has 4 aromatic rings. The van der Waals surface area contributed by atoms with Crippen LogP contribution in [0.25, 0.3) is 38.3 Å². The first-order valence-corrected chi connectivity index (χ1v) is 10.8. The number of hydrogen-bond acceptors (Lipinski definition) is 6. The Morgan fingerprint density at radius 1 is 1.15 bits per heavy atom. The van der Waals surface area contributed by atoms with E-state index in [4.69, 9.17) is 15.4 Å². The molecule has 0 aliphatic heterocycles. The highest BCUT2D eigenvalue weighted by Crippen LogP contribution is 2.36. The van der Waals surface area contributed by atoms with Crippen molar-refractivity contribution in [3.63, 3.8) is 0 Å². The normalized spacial score (nSPS) is 10.9. The lowest BCUT2D eigenvalue weighted by molar-refractivity contribution is 0.0594. The smallest absolute Gasteiger partial charge is 0.356 e. The van der Waals surface area contributed by atoms with Gasteiger partial charge in [-0.15, -0.1) is 0 Å². The first kappa shape index (κ1) is 22.8. The Morgan fingerprint density at radius 3 is 2.50 bits per heavy atom. The van der Waals surface area contributed by atoms with Gasteiger partial charge in [-0.05, 0) is 46.8 Å². The highest BCUT2D eigenvalue weighted by atomic mass is 16.5. The molecule has 2 aromatic carbocycles. The molecule has 0 amide bonds. The lowest BCUT2D eigenvalue weighted by Crippen LogP contribution is -2.10. The topological polar surface area (TPSA) is 109 Å². The zero-order valence-corrected chi connectivity index (χ0v) is 19.7. The molecule has 172 valence electrons. The Hall–Kier alpha value is -4.36. The van der Waals surface area contributed by atoms with Gasteiger partial charge in [0.05, 0.1) is 23.9 Å². The van der Waals surface area contributed by atoms with Crippen LogP contribution in [-0.2, 0) is 4.74 Å². The van der Waals surface area contributed by atoms with E-state index in [1.54, 1.807) is 22.9 Å². The molecule has 0 N–H and O–H groups in total. The van der Waals surface area contributed by atoms with Crippen LogP contribution in [0.15, 0.2) is 59.7 Å². The molecule has 4 rings (SSSR count). The van der Waals surface area contributed by atoms with E-state index in [9.17, 15) is 4.79 Å². The van der Waals surface area contributed by atoms with E-state index >= 15 is 0 Å². The number of hydrogen-bond donors (Lipinski definition) is 0. The summed E-state index contributed by atoms with van der Waals surface area (Å²) in [5.41, 5.74) is 14.3. The fourth-order valence-corrected chi connectivity index (χ4v) is 3.83. The molecule has 0 spiro atoms. The molecule has 0 saturated carbocycles. The SMILES string of the molecule is COC(=O)c1cc(-c2ccc(N=[N+]=[N-])cc2)c2c(C(C)C)nn(-c3cccc(N(C)C)c3)c2n1. The summed E-state index contributed by atoms with van der Waals surface area (Å²) < 4.78 is 6.76. The van der Waals surface area contributed by atoms with Crippen LogP contribution in [-0.4, -0.2) is 41.9 Å².